The fourth-order valence-corrected chi connectivity index (χ4v) is 2.57. The van der Waals surface area contributed by atoms with Gasteiger partial charge < -0.3 is 0 Å². The van der Waals surface area contributed by atoms with E-state index in [2.05, 4.69) is 20.9 Å². The normalized spacial score (nSPS) is 10.8. The summed E-state index contributed by atoms with van der Waals surface area (Å²) >= 11 is 6.98. The Balaban J connectivity index is 1.79. The van der Waals surface area contributed by atoms with Gasteiger partial charge in [0.25, 0.3) is 12.3 Å². The van der Waals surface area contributed by atoms with Gasteiger partial charge >= 0.3 is 0 Å². The molecule has 24 heavy (non-hydrogen) atoms. The zero-order valence-corrected chi connectivity index (χ0v) is 13.5. The first-order chi connectivity index (χ1) is 11.5. The van der Waals surface area contributed by atoms with E-state index in [0.29, 0.717) is 15.8 Å². The van der Waals surface area contributed by atoms with Crippen LogP contribution in [0.15, 0.2) is 42.0 Å². The van der Waals surface area contributed by atoms with E-state index >= 15 is 0 Å². The predicted octanol–water partition coefficient (Wildman–Crippen LogP) is 3.68. The molecule has 0 fully saturated rings. The lowest BCUT2D eigenvalue weighted by Gasteiger charge is -2.08. The van der Waals surface area contributed by atoms with Crippen molar-refractivity contribution >= 4 is 34.5 Å². The standard InChI is InChI=1S/C14H10ClF2N5OS/c15-8-1-3-9(4-2-8)19-20-13(23)10-7-22(14-18-5-6-24-14)21-11(10)12(16)17/h1-7,12,19H,(H,20,23). The van der Waals surface area contributed by atoms with Crippen molar-refractivity contribution in [3.8, 4) is 5.13 Å². The summed E-state index contributed by atoms with van der Waals surface area (Å²) in [7, 11) is 0. The van der Waals surface area contributed by atoms with Crippen molar-refractivity contribution in [1.29, 1.82) is 0 Å². The maximum atomic E-state index is 13.1. The summed E-state index contributed by atoms with van der Waals surface area (Å²) in [5, 5.41) is 6.36. The number of anilines is 1. The van der Waals surface area contributed by atoms with Gasteiger partial charge in [0, 0.05) is 22.8 Å². The number of carbonyl (C=O) groups excluding carboxylic acids is 1. The first-order valence-electron chi connectivity index (χ1n) is 6.64. The number of halogens is 3. The topological polar surface area (TPSA) is 71.8 Å². The van der Waals surface area contributed by atoms with Crippen LogP contribution in [-0.2, 0) is 0 Å². The van der Waals surface area contributed by atoms with E-state index in [1.165, 1.54) is 23.7 Å². The molecule has 3 rings (SSSR count). The van der Waals surface area contributed by atoms with E-state index in [9.17, 15) is 13.6 Å². The molecule has 0 radical (unpaired) electrons. The lowest BCUT2D eigenvalue weighted by Crippen LogP contribution is -2.29. The second kappa shape index (κ2) is 6.93. The summed E-state index contributed by atoms with van der Waals surface area (Å²) in [6, 6.07) is 6.52. The molecular weight excluding hydrogens is 360 g/mol. The third kappa shape index (κ3) is 3.52. The fraction of sp³-hybridized carbons (Fsp3) is 0.0714. The highest BCUT2D eigenvalue weighted by Crippen LogP contribution is 2.23. The minimum absolute atomic E-state index is 0.235. The van der Waals surface area contributed by atoms with Crippen molar-refractivity contribution < 1.29 is 13.6 Å². The van der Waals surface area contributed by atoms with Gasteiger partial charge in [0.2, 0.25) is 5.13 Å². The van der Waals surface area contributed by atoms with Gasteiger partial charge in [-0.05, 0) is 24.3 Å². The van der Waals surface area contributed by atoms with Crippen LogP contribution in [0.25, 0.3) is 5.13 Å². The van der Waals surface area contributed by atoms with Gasteiger partial charge in [-0.3, -0.25) is 15.6 Å². The summed E-state index contributed by atoms with van der Waals surface area (Å²) < 4.78 is 27.4. The molecule has 0 unspecified atom stereocenters. The zero-order valence-electron chi connectivity index (χ0n) is 11.9. The van der Waals surface area contributed by atoms with Crippen LogP contribution < -0.4 is 10.9 Å². The van der Waals surface area contributed by atoms with Crippen molar-refractivity contribution in [2.24, 2.45) is 0 Å². The molecule has 2 aromatic heterocycles. The molecular formula is C14H10ClF2N5OS. The van der Waals surface area contributed by atoms with Gasteiger partial charge in [0.1, 0.15) is 5.69 Å². The van der Waals surface area contributed by atoms with Crippen LogP contribution in [0.1, 0.15) is 22.5 Å². The van der Waals surface area contributed by atoms with Gasteiger partial charge in [-0.1, -0.05) is 11.6 Å². The Labute approximate surface area is 144 Å². The highest BCUT2D eigenvalue weighted by Gasteiger charge is 2.24. The molecule has 0 aliphatic rings. The van der Waals surface area contributed by atoms with Crippen molar-refractivity contribution in [2.45, 2.75) is 6.43 Å². The van der Waals surface area contributed by atoms with E-state index in [4.69, 9.17) is 11.6 Å². The number of thiazole rings is 1. The molecule has 124 valence electrons. The van der Waals surface area contributed by atoms with E-state index in [0.717, 1.165) is 4.68 Å². The lowest BCUT2D eigenvalue weighted by atomic mass is 10.2. The van der Waals surface area contributed by atoms with Crippen molar-refractivity contribution in [3.05, 3.63) is 58.3 Å². The molecule has 2 N–H and O–H groups in total. The third-order valence-corrected chi connectivity index (χ3v) is 3.99. The molecule has 2 heterocycles. The van der Waals surface area contributed by atoms with Crippen LogP contribution >= 0.6 is 22.9 Å². The molecule has 0 aliphatic heterocycles. The molecule has 0 atom stereocenters. The number of aromatic nitrogens is 3. The van der Waals surface area contributed by atoms with Crippen molar-refractivity contribution in [3.63, 3.8) is 0 Å². The molecule has 1 aromatic carbocycles. The quantitative estimate of drug-likeness (QED) is 0.673. The van der Waals surface area contributed by atoms with Gasteiger partial charge in [-0.15, -0.1) is 11.3 Å². The number of amides is 1. The summed E-state index contributed by atoms with van der Waals surface area (Å²) in [5.41, 5.74) is 4.69. The Morgan fingerprint density at radius 3 is 2.67 bits per heavy atom. The summed E-state index contributed by atoms with van der Waals surface area (Å²) in [4.78, 5) is 16.2. The van der Waals surface area contributed by atoms with Crippen LogP contribution in [0.3, 0.4) is 0 Å². The molecule has 0 spiro atoms. The average molecular weight is 370 g/mol. The van der Waals surface area contributed by atoms with Crippen LogP contribution in [0, 0.1) is 0 Å². The Morgan fingerprint density at radius 2 is 2.04 bits per heavy atom. The molecule has 1 amide bonds. The van der Waals surface area contributed by atoms with E-state index < -0.39 is 18.0 Å². The number of carbonyl (C=O) groups is 1. The van der Waals surface area contributed by atoms with Crippen LogP contribution in [0.5, 0.6) is 0 Å². The first kappa shape index (κ1) is 16.3. The predicted molar refractivity (Wildman–Crippen MR) is 86.7 cm³/mol. The molecule has 0 aliphatic carbocycles. The van der Waals surface area contributed by atoms with Gasteiger partial charge in [-0.25, -0.2) is 18.4 Å². The van der Waals surface area contributed by atoms with E-state index in [1.807, 2.05) is 0 Å². The number of hydrogen-bond donors (Lipinski definition) is 2. The fourth-order valence-electron chi connectivity index (χ4n) is 1.88. The summed E-state index contributed by atoms with van der Waals surface area (Å²) in [6.45, 7) is 0. The molecule has 3 aromatic rings. The van der Waals surface area contributed by atoms with Gasteiger partial charge in [0.15, 0.2) is 0 Å². The van der Waals surface area contributed by atoms with Crippen molar-refractivity contribution in [1.82, 2.24) is 20.2 Å². The smallest absolute Gasteiger partial charge is 0.282 e. The van der Waals surface area contributed by atoms with Crippen molar-refractivity contribution in [2.75, 3.05) is 5.43 Å². The Morgan fingerprint density at radius 1 is 1.29 bits per heavy atom. The van der Waals surface area contributed by atoms with E-state index in [-0.39, 0.29) is 5.56 Å². The van der Waals surface area contributed by atoms with E-state index in [1.54, 1.807) is 29.6 Å². The number of nitrogens with zero attached hydrogens (tertiary/aromatic N) is 3. The Kier molecular flexibility index (Phi) is 4.72. The highest BCUT2D eigenvalue weighted by atomic mass is 35.5. The first-order valence-corrected chi connectivity index (χ1v) is 7.90. The van der Waals surface area contributed by atoms with Crippen LogP contribution in [0.4, 0.5) is 14.5 Å². The monoisotopic (exact) mass is 369 g/mol. The largest absolute Gasteiger partial charge is 0.298 e. The number of hydrogen-bond acceptors (Lipinski definition) is 5. The third-order valence-electron chi connectivity index (χ3n) is 2.97. The SMILES string of the molecule is O=C(NNc1ccc(Cl)cc1)c1cn(-c2nccs2)nc1C(F)F. The minimum Gasteiger partial charge on any atom is -0.298 e. The van der Waals surface area contributed by atoms with Gasteiger partial charge in [0.05, 0.1) is 11.3 Å². The van der Waals surface area contributed by atoms with Crippen LogP contribution in [0.2, 0.25) is 5.02 Å². The number of alkyl halides is 2. The molecule has 0 saturated carbocycles. The second-order valence-electron chi connectivity index (χ2n) is 4.57. The summed E-state index contributed by atoms with van der Waals surface area (Å²) in [5.74, 6) is -0.733. The molecule has 0 bridgehead atoms. The zero-order chi connectivity index (χ0) is 17.1. The number of nitrogens with one attached hydrogen (secondary N) is 2. The highest BCUT2D eigenvalue weighted by molar-refractivity contribution is 7.12. The number of benzene rings is 1. The van der Waals surface area contributed by atoms with Gasteiger partial charge in [-0.2, -0.15) is 5.10 Å². The maximum absolute atomic E-state index is 13.1. The lowest BCUT2D eigenvalue weighted by molar-refractivity contribution is 0.0948. The second-order valence-corrected chi connectivity index (χ2v) is 5.88. The summed E-state index contributed by atoms with van der Waals surface area (Å²) in [6.07, 6.45) is -0.146. The average Bonchev–Trinajstić information content (AvgIpc) is 3.23. The number of hydrazine groups is 1. The maximum Gasteiger partial charge on any atom is 0.282 e. The molecule has 6 nitrogen and oxygen atoms in total. The van der Waals surface area contributed by atoms with Crippen LogP contribution in [-0.4, -0.2) is 20.7 Å². The Hall–Kier alpha value is -2.52. The molecule has 0 saturated heterocycles. The Bertz CT molecular complexity index is 835. The number of rotatable bonds is 5. The minimum atomic E-state index is -2.89. The molecule has 10 heteroatoms.